The van der Waals surface area contributed by atoms with Gasteiger partial charge in [-0.1, -0.05) is 34.5 Å². The Morgan fingerprint density at radius 3 is 2.56 bits per heavy atom. The highest BCUT2D eigenvalue weighted by atomic mass is 79.9. The lowest BCUT2D eigenvalue weighted by molar-refractivity contribution is -0.119. The third kappa shape index (κ3) is 5.32. The molecule has 0 atom stereocenters. The van der Waals surface area contributed by atoms with Crippen LogP contribution in [0.2, 0.25) is 10.0 Å². The van der Waals surface area contributed by atoms with Gasteiger partial charge in [-0.2, -0.15) is 0 Å². The Labute approximate surface area is 178 Å². The van der Waals surface area contributed by atoms with Crippen molar-refractivity contribution in [2.24, 2.45) is 0 Å². The molecule has 0 radical (unpaired) electrons. The SMILES string of the molecule is Br.O=C(COc1ccc(Cl)cc1Cl)Nn1c(-c2ccc(F)cc2)csc1=O. The third-order valence-corrected chi connectivity index (χ3v) is 4.58. The molecule has 1 aromatic heterocycles. The van der Waals surface area contributed by atoms with Gasteiger partial charge in [0, 0.05) is 16.0 Å². The molecule has 0 spiro atoms. The number of carbonyl (C=O) groups excluding carboxylic acids is 1. The van der Waals surface area contributed by atoms with Gasteiger partial charge >= 0.3 is 4.87 Å². The van der Waals surface area contributed by atoms with Crippen LogP contribution in [0.5, 0.6) is 5.75 Å². The second kappa shape index (κ2) is 9.36. The van der Waals surface area contributed by atoms with E-state index in [9.17, 15) is 14.0 Å². The number of hydrogen-bond donors (Lipinski definition) is 1. The van der Waals surface area contributed by atoms with E-state index in [0.717, 1.165) is 16.0 Å². The zero-order valence-corrected chi connectivity index (χ0v) is 17.5. The van der Waals surface area contributed by atoms with Crippen molar-refractivity contribution in [3.05, 3.63) is 73.4 Å². The highest BCUT2D eigenvalue weighted by Crippen LogP contribution is 2.27. The van der Waals surface area contributed by atoms with Crippen LogP contribution >= 0.6 is 51.5 Å². The maximum absolute atomic E-state index is 13.1. The lowest BCUT2D eigenvalue weighted by atomic mass is 10.2. The molecule has 0 aliphatic rings. The smallest absolute Gasteiger partial charge is 0.326 e. The molecule has 0 saturated carbocycles. The zero-order valence-electron chi connectivity index (χ0n) is 13.4. The summed E-state index contributed by atoms with van der Waals surface area (Å²) in [6.45, 7) is -0.355. The minimum atomic E-state index is -0.556. The Balaban J connectivity index is 0.00000261. The first-order chi connectivity index (χ1) is 12.4. The first-order valence-corrected chi connectivity index (χ1v) is 8.92. The van der Waals surface area contributed by atoms with E-state index in [4.69, 9.17) is 27.9 Å². The summed E-state index contributed by atoms with van der Waals surface area (Å²) in [7, 11) is 0. The first kappa shape index (κ1) is 21.4. The number of amides is 1. The van der Waals surface area contributed by atoms with Gasteiger partial charge in [0.15, 0.2) is 6.61 Å². The maximum atomic E-state index is 13.1. The van der Waals surface area contributed by atoms with Gasteiger partial charge in [-0.25, -0.2) is 9.07 Å². The number of aromatic nitrogens is 1. The molecular weight excluding hydrogens is 482 g/mol. The Kier molecular flexibility index (Phi) is 7.43. The molecule has 0 bridgehead atoms. The highest BCUT2D eigenvalue weighted by molar-refractivity contribution is 8.93. The van der Waals surface area contributed by atoms with Crippen LogP contribution in [0.3, 0.4) is 0 Å². The molecular formula is C17H12BrCl2FN2O3S. The summed E-state index contributed by atoms with van der Waals surface area (Å²) in [5, 5.41) is 2.29. The maximum Gasteiger partial charge on any atom is 0.326 e. The van der Waals surface area contributed by atoms with Crippen molar-refractivity contribution >= 4 is 57.4 Å². The van der Waals surface area contributed by atoms with Gasteiger partial charge < -0.3 is 4.74 Å². The van der Waals surface area contributed by atoms with Gasteiger partial charge in [-0.05, 0) is 42.5 Å². The second-order valence-corrected chi connectivity index (χ2v) is 6.79. The topological polar surface area (TPSA) is 60.3 Å². The van der Waals surface area contributed by atoms with Crippen molar-refractivity contribution in [1.29, 1.82) is 0 Å². The number of ether oxygens (including phenoxy) is 1. The number of nitrogens with zero attached hydrogens (tertiary/aromatic N) is 1. The quantitative estimate of drug-likeness (QED) is 0.558. The van der Waals surface area contributed by atoms with E-state index >= 15 is 0 Å². The molecule has 3 rings (SSSR count). The molecule has 0 saturated heterocycles. The van der Waals surface area contributed by atoms with Crippen LogP contribution in [0.1, 0.15) is 0 Å². The average Bonchev–Trinajstić information content (AvgIpc) is 2.95. The van der Waals surface area contributed by atoms with Gasteiger partial charge in [0.05, 0.1) is 10.7 Å². The Hall–Kier alpha value is -1.87. The number of hydrogen-bond acceptors (Lipinski definition) is 4. The molecule has 1 amide bonds. The molecule has 1 N–H and O–H groups in total. The molecule has 142 valence electrons. The van der Waals surface area contributed by atoms with Crippen LogP contribution < -0.4 is 15.0 Å². The Morgan fingerprint density at radius 2 is 1.89 bits per heavy atom. The summed E-state index contributed by atoms with van der Waals surface area (Å²) in [4.78, 5) is 23.7. The van der Waals surface area contributed by atoms with Crippen molar-refractivity contribution in [3.63, 3.8) is 0 Å². The number of halogens is 4. The minimum absolute atomic E-state index is 0. The molecule has 27 heavy (non-hydrogen) atoms. The van der Waals surface area contributed by atoms with Gasteiger partial charge in [-0.3, -0.25) is 15.0 Å². The third-order valence-electron chi connectivity index (χ3n) is 3.32. The second-order valence-electron chi connectivity index (χ2n) is 5.13. The van der Waals surface area contributed by atoms with E-state index in [1.807, 2.05) is 0 Å². The summed E-state index contributed by atoms with van der Waals surface area (Å²) < 4.78 is 19.5. The molecule has 0 fully saturated rings. The minimum Gasteiger partial charge on any atom is -0.482 e. The fourth-order valence-corrected chi connectivity index (χ4v) is 3.29. The van der Waals surface area contributed by atoms with Gasteiger partial charge in [0.25, 0.3) is 5.91 Å². The number of rotatable bonds is 5. The van der Waals surface area contributed by atoms with E-state index in [2.05, 4.69) is 5.43 Å². The average molecular weight is 494 g/mol. The lowest BCUT2D eigenvalue weighted by Crippen LogP contribution is -2.33. The van der Waals surface area contributed by atoms with Crippen molar-refractivity contribution < 1.29 is 13.9 Å². The van der Waals surface area contributed by atoms with Crippen molar-refractivity contribution in [3.8, 4) is 17.0 Å². The summed E-state index contributed by atoms with van der Waals surface area (Å²) in [5.74, 6) is -0.655. The Morgan fingerprint density at radius 1 is 1.19 bits per heavy atom. The molecule has 2 aromatic carbocycles. The summed E-state index contributed by atoms with van der Waals surface area (Å²) in [6.07, 6.45) is 0. The van der Waals surface area contributed by atoms with Crippen LogP contribution in [-0.4, -0.2) is 17.2 Å². The van der Waals surface area contributed by atoms with E-state index < -0.39 is 11.7 Å². The molecule has 3 aromatic rings. The van der Waals surface area contributed by atoms with E-state index in [1.54, 1.807) is 17.5 Å². The molecule has 0 aliphatic carbocycles. The predicted molar refractivity (Wildman–Crippen MR) is 111 cm³/mol. The van der Waals surface area contributed by atoms with Crippen LogP contribution in [-0.2, 0) is 4.79 Å². The van der Waals surface area contributed by atoms with E-state index in [-0.39, 0.29) is 33.5 Å². The van der Waals surface area contributed by atoms with Crippen LogP contribution in [0.15, 0.2) is 52.6 Å². The predicted octanol–water partition coefficient (Wildman–Crippen LogP) is 4.75. The van der Waals surface area contributed by atoms with Gasteiger partial charge in [-0.15, -0.1) is 17.0 Å². The summed E-state index contributed by atoms with van der Waals surface area (Å²) in [5.41, 5.74) is 3.49. The number of thiazole rings is 1. The van der Waals surface area contributed by atoms with Gasteiger partial charge in [0.2, 0.25) is 0 Å². The number of carbonyl (C=O) groups is 1. The van der Waals surface area contributed by atoms with Crippen molar-refractivity contribution in [1.82, 2.24) is 4.68 Å². The fraction of sp³-hybridized carbons (Fsp3) is 0.0588. The Bertz CT molecular complexity index is 1010. The molecule has 0 aliphatic heterocycles. The normalized spacial score (nSPS) is 10.2. The largest absolute Gasteiger partial charge is 0.482 e. The van der Waals surface area contributed by atoms with Crippen molar-refractivity contribution in [2.75, 3.05) is 12.0 Å². The molecule has 0 unspecified atom stereocenters. The lowest BCUT2D eigenvalue weighted by Gasteiger charge is -2.11. The standard InChI is InChI=1S/C17H11Cl2FN2O3S.BrH/c18-11-3-6-15(13(19)7-11)25-8-16(23)21-22-14(9-26-17(22)24)10-1-4-12(20)5-2-10;/h1-7,9H,8H2,(H,21,23);1H. The van der Waals surface area contributed by atoms with Gasteiger partial charge in [0.1, 0.15) is 11.6 Å². The van der Waals surface area contributed by atoms with Crippen LogP contribution in [0.25, 0.3) is 11.3 Å². The summed E-state index contributed by atoms with van der Waals surface area (Å²) >= 11 is 12.7. The molecule has 1 heterocycles. The first-order valence-electron chi connectivity index (χ1n) is 7.28. The van der Waals surface area contributed by atoms with E-state index in [0.29, 0.717) is 22.0 Å². The summed E-state index contributed by atoms with van der Waals surface area (Å²) in [6, 6.07) is 10.2. The van der Waals surface area contributed by atoms with Crippen molar-refractivity contribution in [2.45, 2.75) is 0 Å². The van der Waals surface area contributed by atoms with E-state index in [1.165, 1.54) is 30.3 Å². The number of benzene rings is 2. The number of nitrogens with one attached hydrogen (secondary N) is 1. The fourth-order valence-electron chi connectivity index (χ4n) is 2.13. The molecule has 10 heteroatoms. The monoisotopic (exact) mass is 492 g/mol. The highest BCUT2D eigenvalue weighted by Gasteiger charge is 2.13. The van der Waals surface area contributed by atoms with Crippen LogP contribution in [0, 0.1) is 5.82 Å². The van der Waals surface area contributed by atoms with Crippen LogP contribution in [0.4, 0.5) is 4.39 Å². The molecule has 5 nitrogen and oxygen atoms in total. The zero-order chi connectivity index (χ0) is 18.7.